The highest BCUT2D eigenvalue weighted by atomic mass is 35.5. The summed E-state index contributed by atoms with van der Waals surface area (Å²) in [7, 11) is 0. The van der Waals surface area contributed by atoms with Gasteiger partial charge in [-0.1, -0.05) is 23.2 Å². The standard InChI is InChI=1S/C11H7Cl2N5/c12-7-3-6(4-14)1-2-8(7)18-11-9(15)10(13)16-5-17-11/h1-3,5H,15H2,(H,16,17,18). The molecule has 0 atom stereocenters. The van der Waals surface area contributed by atoms with Crippen LogP contribution in [0.5, 0.6) is 0 Å². The van der Waals surface area contributed by atoms with Gasteiger partial charge in [0.1, 0.15) is 12.0 Å². The molecule has 18 heavy (non-hydrogen) atoms. The number of anilines is 3. The van der Waals surface area contributed by atoms with Crippen molar-refractivity contribution < 1.29 is 0 Å². The van der Waals surface area contributed by atoms with Crippen LogP contribution < -0.4 is 11.1 Å². The van der Waals surface area contributed by atoms with Crippen molar-refractivity contribution >= 4 is 40.4 Å². The van der Waals surface area contributed by atoms with Crippen LogP contribution in [0.2, 0.25) is 10.2 Å². The van der Waals surface area contributed by atoms with Gasteiger partial charge in [0.25, 0.3) is 0 Å². The van der Waals surface area contributed by atoms with Crippen molar-refractivity contribution in [3.63, 3.8) is 0 Å². The number of nitrogens with zero attached hydrogens (tertiary/aromatic N) is 3. The molecule has 0 spiro atoms. The van der Waals surface area contributed by atoms with E-state index in [1.165, 1.54) is 6.33 Å². The Morgan fingerprint density at radius 1 is 1.28 bits per heavy atom. The van der Waals surface area contributed by atoms with E-state index in [2.05, 4.69) is 15.3 Å². The number of aromatic nitrogens is 2. The van der Waals surface area contributed by atoms with Gasteiger partial charge in [-0.05, 0) is 18.2 Å². The summed E-state index contributed by atoms with van der Waals surface area (Å²) in [4.78, 5) is 7.71. The van der Waals surface area contributed by atoms with Crippen LogP contribution in [0.4, 0.5) is 17.2 Å². The number of nitrogens with two attached hydrogens (primary N) is 1. The minimum Gasteiger partial charge on any atom is -0.393 e. The number of benzene rings is 1. The molecule has 2 aromatic rings. The van der Waals surface area contributed by atoms with E-state index in [9.17, 15) is 0 Å². The SMILES string of the molecule is N#Cc1ccc(Nc2ncnc(Cl)c2N)c(Cl)c1. The molecule has 1 aromatic carbocycles. The van der Waals surface area contributed by atoms with Gasteiger partial charge < -0.3 is 11.1 Å². The van der Waals surface area contributed by atoms with Gasteiger partial charge in [-0.15, -0.1) is 0 Å². The molecule has 1 heterocycles. The molecule has 0 bridgehead atoms. The van der Waals surface area contributed by atoms with Crippen LogP contribution in [0.25, 0.3) is 0 Å². The van der Waals surface area contributed by atoms with E-state index < -0.39 is 0 Å². The Labute approximate surface area is 113 Å². The summed E-state index contributed by atoms with van der Waals surface area (Å²) in [5, 5.41) is 12.2. The van der Waals surface area contributed by atoms with Crippen LogP contribution in [0, 0.1) is 11.3 Å². The van der Waals surface area contributed by atoms with Crippen molar-refractivity contribution in [2.24, 2.45) is 0 Å². The Morgan fingerprint density at radius 2 is 2.06 bits per heavy atom. The quantitative estimate of drug-likeness (QED) is 0.825. The summed E-state index contributed by atoms with van der Waals surface area (Å²) >= 11 is 11.8. The largest absolute Gasteiger partial charge is 0.393 e. The summed E-state index contributed by atoms with van der Waals surface area (Å²) in [5.74, 6) is 0.363. The zero-order valence-corrected chi connectivity index (χ0v) is 10.5. The Morgan fingerprint density at radius 3 is 2.72 bits per heavy atom. The van der Waals surface area contributed by atoms with Crippen molar-refractivity contribution in [3.05, 3.63) is 40.3 Å². The lowest BCUT2D eigenvalue weighted by atomic mass is 10.2. The van der Waals surface area contributed by atoms with Gasteiger partial charge >= 0.3 is 0 Å². The van der Waals surface area contributed by atoms with E-state index in [1.807, 2.05) is 6.07 Å². The van der Waals surface area contributed by atoms with Crippen LogP contribution in [-0.2, 0) is 0 Å². The third-order valence-corrected chi connectivity index (χ3v) is 2.80. The Kier molecular flexibility index (Phi) is 3.51. The van der Waals surface area contributed by atoms with E-state index in [-0.39, 0.29) is 10.8 Å². The fourth-order valence-corrected chi connectivity index (χ4v) is 1.65. The zero-order valence-electron chi connectivity index (χ0n) is 8.98. The molecule has 0 saturated carbocycles. The maximum absolute atomic E-state index is 8.74. The van der Waals surface area contributed by atoms with Crippen LogP contribution in [0.1, 0.15) is 5.56 Å². The number of halogens is 2. The monoisotopic (exact) mass is 279 g/mol. The molecule has 0 saturated heterocycles. The van der Waals surface area contributed by atoms with Crippen LogP contribution in [0.3, 0.4) is 0 Å². The van der Waals surface area contributed by atoms with Crippen LogP contribution in [0.15, 0.2) is 24.5 Å². The van der Waals surface area contributed by atoms with E-state index in [4.69, 9.17) is 34.2 Å². The number of rotatable bonds is 2. The molecule has 7 heteroatoms. The van der Waals surface area contributed by atoms with E-state index in [0.717, 1.165) is 0 Å². The van der Waals surface area contributed by atoms with Gasteiger partial charge in [0.05, 0.1) is 22.3 Å². The van der Waals surface area contributed by atoms with Gasteiger partial charge in [0.15, 0.2) is 11.0 Å². The Bertz CT molecular complexity index is 636. The fraction of sp³-hybridized carbons (Fsp3) is 0. The summed E-state index contributed by atoms with van der Waals surface area (Å²) in [5.41, 5.74) is 7.01. The first-order chi connectivity index (χ1) is 8.61. The molecule has 0 aliphatic heterocycles. The molecule has 2 rings (SSSR count). The predicted octanol–water partition coefficient (Wildman–Crippen LogP) is 2.98. The maximum atomic E-state index is 8.74. The van der Waals surface area contributed by atoms with Crippen molar-refractivity contribution in [1.29, 1.82) is 5.26 Å². The van der Waals surface area contributed by atoms with Gasteiger partial charge in [0.2, 0.25) is 0 Å². The molecule has 0 aliphatic carbocycles. The minimum atomic E-state index is 0.164. The molecule has 90 valence electrons. The average Bonchev–Trinajstić information content (AvgIpc) is 2.37. The smallest absolute Gasteiger partial charge is 0.158 e. The molecule has 0 fully saturated rings. The summed E-state index contributed by atoms with van der Waals surface area (Å²) in [6, 6.07) is 6.84. The first-order valence-electron chi connectivity index (χ1n) is 4.84. The second kappa shape index (κ2) is 5.08. The minimum absolute atomic E-state index is 0.164. The van der Waals surface area contributed by atoms with Crippen molar-refractivity contribution in [1.82, 2.24) is 9.97 Å². The molecule has 3 N–H and O–H groups in total. The second-order valence-corrected chi connectivity index (χ2v) is 4.12. The number of nitrogens with one attached hydrogen (secondary N) is 1. The van der Waals surface area contributed by atoms with Gasteiger partial charge in [-0.25, -0.2) is 9.97 Å². The summed E-state index contributed by atoms with van der Waals surface area (Å²) in [6.07, 6.45) is 1.29. The molecule has 0 aliphatic rings. The third-order valence-electron chi connectivity index (χ3n) is 2.19. The Hall–Kier alpha value is -2.03. The highest BCUT2D eigenvalue weighted by Gasteiger charge is 2.08. The number of nitriles is 1. The van der Waals surface area contributed by atoms with Crippen LogP contribution >= 0.6 is 23.2 Å². The third kappa shape index (κ3) is 2.45. The lowest BCUT2D eigenvalue weighted by molar-refractivity contribution is 1.17. The van der Waals surface area contributed by atoms with E-state index >= 15 is 0 Å². The topological polar surface area (TPSA) is 87.6 Å². The molecule has 5 nitrogen and oxygen atoms in total. The molecule has 0 amide bonds. The van der Waals surface area contributed by atoms with Gasteiger partial charge in [0, 0.05) is 0 Å². The molecule has 0 radical (unpaired) electrons. The molecular formula is C11H7Cl2N5. The lowest BCUT2D eigenvalue weighted by Crippen LogP contribution is -2.01. The maximum Gasteiger partial charge on any atom is 0.158 e. The van der Waals surface area contributed by atoms with Crippen molar-refractivity contribution in [2.45, 2.75) is 0 Å². The Balaban J connectivity index is 2.35. The summed E-state index contributed by atoms with van der Waals surface area (Å²) < 4.78 is 0. The van der Waals surface area contributed by atoms with Gasteiger partial charge in [-0.2, -0.15) is 5.26 Å². The van der Waals surface area contributed by atoms with Crippen molar-refractivity contribution in [3.8, 4) is 6.07 Å². The number of hydrogen-bond donors (Lipinski definition) is 2. The van der Waals surface area contributed by atoms with Crippen LogP contribution in [-0.4, -0.2) is 9.97 Å². The molecule has 1 aromatic heterocycles. The normalized spacial score (nSPS) is 9.83. The van der Waals surface area contributed by atoms with E-state index in [1.54, 1.807) is 18.2 Å². The van der Waals surface area contributed by atoms with Gasteiger partial charge in [-0.3, -0.25) is 0 Å². The first-order valence-corrected chi connectivity index (χ1v) is 5.60. The molecular weight excluding hydrogens is 273 g/mol. The average molecular weight is 280 g/mol. The lowest BCUT2D eigenvalue weighted by Gasteiger charge is -2.10. The molecule has 0 unspecified atom stereocenters. The highest BCUT2D eigenvalue weighted by molar-refractivity contribution is 6.34. The summed E-state index contributed by atoms with van der Waals surface area (Å²) in [6.45, 7) is 0. The van der Waals surface area contributed by atoms with Crippen molar-refractivity contribution in [2.75, 3.05) is 11.1 Å². The first kappa shape index (κ1) is 12.4. The van der Waals surface area contributed by atoms with E-state index in [0.29, 0.717) is 22.1 Å². The fourth-order valence-electron chi connectivity index (χ4n) is 1.29. The number of hydrogen-bond acceptors (Lipinski definition) is 5. The second-order valence-electron chi connectivity index (χ2n) is 3.36. The highest BCUT2D eigenvalue weighted by Crippen LogP contribution is 2.29. The number of nitrogen functional groups attached to an aromatic ring is 1. The predicted molar refractivity (Wildman–Crippen MR) is 70.9 cm³/mol. The zero-order chi connectivity index (χ0) is 13.1.